The predicted molar refractivity (Wildman–Crippen MR) is 94.9 cm³/mol. The number of hydrogen-bond acceptors (Lipinski definition) is 10. The van der Waals surface area contributed by atoms with E-state index in [0.717, 1.165) is 38.1 Å². The molecule has 0 saturated heterocycles. The van der Waals surface area contributed by atoms with Crippen LogP contribution < -0.4 is 9.47 Å². The van der Waals surface area contributed by atoms with E-state index >= 15 is 0 Å². The summed E-state index contributed by atoms with van der Waals surface area (Å²) in [6.45, 7) is 2.07. The molecule has 2 N–H and O–H groups in total. The number of nitro benzene ring substituents is 2. The monoisotopic (exact) mass is 406 g/mol. The van der Waals surface area contributed by atoms with Crippen LogP contribution in [0.25, 0.3) is 0 Å². The maximum Gasteiger partial charge on any atom is 0.314 e. The Balaban J connectivity index is 2.57. The van der Waals surface area contributed by atoms with Crippen LogP contribution in [0.3, 0.4) is 0 Å². The van der Waals surface area contributed by atoms with Crippen LogP contribution in [0.4, 0.5) is 11.4 Å². The van der Waals surface area contributed by atoms with Gasteiger partial charge in [-0.3, -0.25) is 29.8 Å². The minimum atomic E-state index is -0.893. The summed E-state index contributed by atoms with van der Waals surface area (Å²) in [5, 5.41) is 42.1. The molecule has 0 radical (unpaired) electrons. The zero-order valence-corrected chi connectivity index (χ0v) is 15.1. The molecular formula is C17H14N2O10. The van der Waals surface area contributed by atoms with Crippen molar-refractivity contribution in [3.8, 4) is 23.0 Å². The number of carbonyl (C=O) groups excluding carboxylic acids is 2. The maximum atomic E-state index is 11.2. The Kier molecular flexibility index (Phi) is 5.97. The number of phenols is 2. The Labute approximate surface area is 162 Å². The van der Waals surface area contributed by atoms with Crippen LogP contribution in [0, 0.1) is 20.2 Å². The van der Waals surface area contributed by atoms with Gasteiger partial charge in [0.25, 0.3) is 0 Å². The Bertz CT molecular complexity index is 950. The van der Waals surface area contributed by atoms with Crippen LogP contribution in [0.5, 0.6) is 23.0 Å². The van der Waals surface area contributed by atoms with E-state index in [0.29, 0.717) is 0 Å². The van der Waals surface area contributed by atoms with Crippen LogP contribution >= 0.6 is 0 Å². The first-order chi connectivity index (χ1) is 13.5. The first kappa shape index (κ1) is 21.1. The summed E-state index contributed by atoms with van der Waals surface area (Å²) < 4.78 is 9.52. The van der Waals surface area contributed by atoms with Gasteiger partial charge in [0, 0.05) is 26.0 Å². The Morgan fingerprint density at radius 2 is 1.17 bits per heavy atom. The summed E-state index contributed by atoms with van der Waals surface area (Å²) in [4.78, 5) is 42.9. The van der Waals surface area contributed by atoms with Crippen molar-refractivity contribution in [2.45, 2.75) is 20.3 Å². The molecule has 0 aromatic heterocycles. The molecule has 29 heavy (non-hydrogen) atoms. The summed E-state index contributed by atoms with van der Waals surface area (Å²) >= 11 is 0. The molecule has 0 aliphatic heterocycles. The van der Waals surface area contributed by atoms with Crippen molar-refractivity contribution in [3.63, 3.8) is 0 Å². The van der Waals surface area contributed by atoms with Crippen molar-refractivity contribution in [2.75, 3.05) is 0 Å². The number of rotatable bonds is 6. The predicted octanol–water partition coefficient (Wildman–Crippen LogP) is 2.36. The third-order valence-electron chi connectivity index (χ3n) is 3.54. The number of nitro groups is 2. The molecule has 0 unspecified atom stereocenters. The van der Waals surface area contributed by atoms with Crippen molar-refractivity contribution in [1.29, 1.82) is 0 Å². The average Bonchev–Trinajstić information content (AvgIpc) is 2.58. The number of esters is 2. The zero-order valence-electron chi connectivity index (χ0n) is 15.1. The molecule has 0 bridgehead atoms. The van der Waals surface area contributed by atoms with Gasteiger partial charge in [-0.2, -0.15) is 0 Å². The number of ether oxygens (including phenoxy) is 2. The van der Waals surface area contributed by atoms with Crippen molar-refractivity contribution in [3.05, 3.63) is 55.6 Å². The molecule has 0 saturated carbocycles. The lowest BCUT2D eigenvalue weighted by atomic mass is 10.0. The minimum Gasteiger partial charge on any atom is -0.499 e. The fourth-order valence-electron chi connectivity index (χ4n) is 2.48. The smallest absolute Gasteiger partial charge is 0.314 e. The van der Waals surface area contributed by atoms with Gasteiger partial charge in [-0.1, -0.05) is 0 Å². The summed E-state index contributed by atoms with van der Waals surface area (Å²) in [6, 6.07) is 4.28. The fourth-order valence-corrected chi connectivity index (χ4v) is 2.48. The number of carbonyl (C=O) groups is 2. The number of phenolic OH excluding ortho intramolecular Hbond substituents is 2. The molecule has 0 amide bonds. The van der Waals surface area contributed by atoms with E-state index in [1.54, 1.807) is 0 Å². The third kappa shape index (κ3) is 4.94. The molecule has 0 heterocycles. The van der Waals surface area contributed by atoms with Gasteiger partial charge in [-0.05, 0) is 29.7 Å². The fraction of sp³-hybridized carbons (Fsp3) is 0.176. The molecule has 2 aromatic carbocycles. The van der Waals surface area contributed by atoms with Gasteiger partial charge in [0.15, 0.2) is 11.5 Å². The quantitative estimate of drug-likeness (QED) is 0.313. The molecule has 2 rings (SSSR count). The molecule has 0 atom stereocenters. The lowest BCUT2D eigenvalue weighted by molar-refractivity contribution is -0.386. The lowest BCUT2D eigenvalue weighted by Gasteiger charge is -2.10. The van der Waals surface area contributed by atoms with Crippen molar-refractivity contribution in [1.82, 2.24) is 0 Å². The van der Waals surface area contributed by atoms with E-state index < -0.39 is 56.2 Å². The SMILES string of the molecule is CC(=O)Oc1cc(Cc2cc(OC(C)=O)c(O)c([N+](=O)[O-])c2)cc([N+](=O)[O-])c1O. The number of hydrogen-bond donors (Lipinski definition) is 2. The van der Waals surface area contributed by atoms with Gasteiger partial charge in [-0.15, -0.1) is 0 Å². The molecule has 152 valence electrons. The normalized spacial score (nSPS) is 10.3. The Hall–Kier alpha value is -4.22. The third-order valence-corrected chi connectivity index (χ3v) is 3.54. The highest BCUT2D eigenvalue weighted by Crippen LogP contribution is 2.40. The average molecular weight is 406 g/mol. The zero-order chi connectivity index (χ0) is 21.9. The first-order valence-electron chi connectivity index (χ1n) is 7.87. The molecule has 12 nitrogen and oxygen atoms in total. The minimum absolute atomic E-state index is 0.152. The second kappa shape index (κ2) is 8.21. The van der Waals surface area contributed by atoms with Crippen LogP contribution in [-0.2, 0) is 16.0 Å². The number of nitrogens with zero attached hydrogens (tertiary/aromatic N) is 2. The molecular weight excluding hydrogens is 392 g/mol. The highest BCUT2D eigenvalue weighted by atomic mass is 16.6. The molecule has 0 fully saturated rings. The van der Waals surface area contributed by atoms with Gasteiger partial charge >= 0.3 is 23.3 Å². The molecule has 0 aliphatic rings. The molecule has 12 heteroatoms. The first-order valence-corrected chi connectivity index (χ1v) is 7.87. The van der Waals surface area contributed by atoms with Crippen molar-refractivity contribution < 1.29 is 39.1 Å². The number of benzene rings is 2. The van der Waals surface area contributed by atoms with Crippen LogP contribution in [-0.4, -0.2) is 32.0 Å². The van der Waals surface area contributed by atoms with E-state index in [1.165, 1.54) is 0 Å². The molecule has 0 aliphatic carbocycles. The summed E-state index contributed by atoms with van der Waals surface area (Å²) in [7, 11) is 0. The van der Waals surface area contributed by atoms with Gasteiger partial charge in [-0.25, -0.2) is 0 Å². The maximum absolute atomic E-state index is 11.2. The standard InChI is InChI=1S/C17H14N2O10/c1-8(20)28-14-6-10(4-12(16(14)22)18(24)25)3-11-5-13(19(26)27)17(23)15(7-11)29-9(2)21/h4-7,22-23H,3H2,1-2H3. The summed E-state index contributed by atoms with van der Waals surface area (Å²) in [6.07, 6.45) is -0.176. The van der Waals surface area contributed by atoms with Crippen LogP contribution in [0.15, 0.2) is 24.3 Å². The lowest BCUT2D eigenvalue weighted by Crippen LogP contribution is -2.05. The van der Waals surface area contributed by atoms with Gasteiger partial charge in [0.1, 0.15) is 0 Å². The highest BCUT2D eigenvalue weighted by Gasteiger charge is 2.24. The van der Waals surface area contributed by atoms with Gasteiger partial charge < -0.3 is 19.7 Å². The van der Waals surface area contributed by atoms with E-state index in [4.69, 9.17) is 9.47 Å². The second-order valence-corrected chi connectivity index (χ2v) is 5.80. The van der Waals surface area contributed by atoms with E-state index in [9.17, 15) is 40.0 Å². The topological polar surface area (TPSA) is 179 Å². The highest BCUT2D eigenvalue weighted by molar-refractivity contribution is 5.73. The van der Waals surface area contributed by atoms with Crippen LogP contribution in [0.1, 0.15) is 25.0 Å². The Morgan fingerprint density at radius 1 is 0.828 bits per heavy atom. The number of aromatic hydroxyl groups is 2. The largest absolute Gasteiger partial charge is 0.499 e. The summed E-state index contributed by atoms with van der Waals surface area (Å²) in [5.74, 6) is -4.30. The van der Waals surface area contributed by atoms with Crippen molar-refractivity contribution in [2.24, 2.45) is 0 Å². The molecule has 0 spiro atoms. The van der Waals surface area contributed by atoms with Crippen molar-refractivity contribution >= 4 is 23.3 Å². The Morgan fingerprint density at radius 3 is 1.45 bits per heavy atom. The van der Waals surface area contributed by atoms with E-state index in [2.05, 4.69) is 0 Å². The summed E-state index contributed by atoms with van der Waals surface area (Å²) in [5.41, 5.74) is -1.18. The van der Waals surface area contributed by atoms with E-state index in [1.807, 2.05) is 0 Å². The van der Waals surface area contributed by atoms with Gasteiger partial charge in [0.05, 0.1) is 9.85 Å². The van der Waals surface area contributed by atoms with Gasteiger partial charge in [0.2, 0.25) is 11.5 Å². The van der Waals surface area contributed by atoms with Crippen LogP contribution in [0.2, 0.25) is 0 Å². The molecule has 2 aromatic rings. The van der Waals surface area contributed by atoms with E-state index in [-0.39, 0.29) is 17.5 Å². The second-order valence-electron chi connectivity index (χ2n) is 5.80.